The molecule has 2 aliphatic heterocycles. The molecule has 2 heteroatoms. The third kappa shape index (κ3) is 3.87. The van der Waals surface area contributed by atoms with Gasteiger partial charge in [-0.2, -0.15) is 0 Å². The molecule has 0 aromatic heterocycles. The highest BCUT2D eigenvalue weighted by Gasteiger charge is 2.40. The van der Waals surface area contributed by atoms with Gasteiger partial charge in [0.05, 0.1) is 22.7 Å². The molecule has 6 aromatic rings. The first kappa shape index (κ1) is 26.5. The number of hydrogen-bond acceptors (Lipinski definition) is 2. The number of hydrogen-bond donors (Lipinski definition) is 0. The lowest BCUT2D eigenvalue weighted by Gasteiger charge is -2.44. The Kier molecular flexibility index (Phi) is 5.86. The number of anilines is 6. The Bertz CT molecular complexity index is 2020. The van der Waals surface area contributed by atoms with Crippen molar-refractivity contribution in [3.63, 3.8) is 0 Å². The molecule has 0 aliphatic carbocycles. The fraction of sp³-hybridized carbons (Fsp3) is 0.143. The maximum Gasteiger partial charge on any atom is 0.0504 e. The van der Waals surface area contributed by atoms with E-state index in [1.54, 1.807) is 0 Å². The van der Waals surface area contributed by atoms with Crippen LogP contribution in [-0.2, 0) is 10.8 Å². The van der Waals surface area contributed by atoms with E-state index in [0.29, 0.717) is 0 Å². The van der Waals surface area contributed by atoms with Crippen LogP contribution >= 0.6 is 0 Å². The van der Waals surface area contributed by atoms with Gasteiger partial charge < -0.3 is 9.80 Å². The van der Waals surface area contributed by atoms with Gasteiger partial charge in [-0.05, 0) is 88.0 Å². The van der Waals surface area contributed by atoms with E-state index in [-0.39, 0.29) is 10.8 Å². The highest BCUT2D eigenvalue weighted by atomic mass is 15.2. The molecule has 8 rings (SSSR count). The van der Waals surface area contributed by atoms with Crippen molar-refractivity contribution < 1.29 is 0 Å². The fourth-order valence-electron chi connectivity index (χ4n) is 7.48. The molecule has 2 nitrogen and oxygen atoms in total. The molecule has 0 bridgehead atoms. The summed E-state index contributed by atoms with van der Waals surface area (Å²) in [5, 5.41) is 0. The van der Waals surface area contributed by atoms with E-state index in [4.69, 9.17) is 0 Å². The molecule has 44 heavy (non-hydrogen) atoms. The van der Waals surface area contributed by atoms with Crippen LogP contribution in [0, 0.1) is 0 Å². The van der Waals surface area contributed by atoms with Crippen LogP contribution in [0.4, 0.5) is 34.1 Å². The van der Waals surface area contributed by atoms with Gasteiger partial charge in [-0.15, -0.1) is 0 Å². The zero-order valence-electron chi connectivity index (χ0n) is 25.8. The van der Waals surface area contributed by atoms with Gasteiger partial charge in [0.25, 0.3) is 0 Å². The Morgan fingerprint density at radius 3 is 1.41 bits per heavy atom. The van der Waals surface area contributed by atoms with E-state index in [2.05, 4.69) is 183 Å². The van der Waals surface area contributed by atoms with Gasteiger partial charge in [0.15, 0.2) is 0 Å². The van der Waals surface area contributed by atoms with Crippen molar-refractivity contribution in [1.29, 1.82) is 0 Å². The second-order valence-corrected chi connectivity index (χ2v) is 13.1. The molecule has 2 heterocycles. The minimum Gasteiger partial charge on any atom is -0.310 e. The molecule has 0 N–H and O–H groups in total. The van der Waals surface area contributed by atoms with E-state index in [9.17, 15) is 0 Å². The molecule has 214 valence electrons. The van der Waals surface area contributed by atoms with E-state index in [1.807, 2.05) is 0 Å². The van der Waals surface area contributed by atoms with Crippen LogP contribution in [0.2, 0.25) is 0 Å². The van der Waals surface area contributed by atoms with E-state index in [1.165, 1.54) is 67.5 Å². The van der Waals surface area contributed by atoms with Gasteiger partial charge in [-0.1, -0.05) is 119 Å². The maximum atomic E-state index is 2.48. The zero-order chi connectivity index (χ0) is 30.1. The van der Waals surface area contributed by atoms with Gasteiger partial charge >= 0.3 is 0 Å². The minimum atomic E-state index is -0.179. The summed E-state index contributed by atoms with van der Waals surface area (Å²) in [4.78, 5) is 4.90. The first-order valence-electron chi connectivity index (χ1n) is 15.5. The molecule has 2 aliphatic rings. The number of nitrogens with zero attached hydrogens (tertiary/aromatic N) is 2. The van der Waals surface area contributed by atoms with Crippen molar-refractivity contribution in [2.75, 3.05) is 9.80 Å². The average molecular weight is 569 g/mol. The lowest BCUT2D eigenvalue weighted by Crippen LogP contribution is -2.32. The van der Waals surface area contributed by atoms with Crippen LogP contribution in [0.15, 0.2) is 146 Å². The molecule has 0 radical (unpaired) electrons. The standard InChI is InChI=1S/C42H36N2/c1-41(2)34-20-12-14-22-38(34)44(39-25-23-30(27-35(39)41)29-15-7-5-8-16-29)32-24-26-40-36(28-32)42(3,4)33-19-11-13-21-37(33)43(40)31-17-9-6-10-18-31/h5-28H,1-4H3. The van der Waals surface area contributed by atoms with E-state index >= 15 is 0 Å². The Morgan fingerprint density at radius 2 is 0.795 bits per heavy atom. The SMILES string of the molecule is CC1(C)c2ccccc2N(c2ccc3c(c2)C(C)(C)c2ccccc2N3c2ccccc2)c2ccc(-c3ccccc3)cc21. The van der Waals surface area contributed by atoms with Gasteiger partial charge in [0.1, 0.15) is 0 Å². The molecule has 0 amide bonds. The predicted molar refractivity (Wildman–Crippen MR) is 185 cm³/mol. The smallest absolute Gasteiger partial charge is 0.0504 e. The molecule has 0 fully saturated rings. The third-order valence-corrected chi connectivity index (χ3v) is 9.82. The molecular weight excluding hydrogens is 532 g/mol. The second-order valence-electron chi connectivity index (χ2n) is 13.1. The van der Waals surface area contributed by atoms with Gasteiger partial charge in [-0.3, -0.25) is 0 Å². The summed E-state index contributed by atoms with van der Waals surface area (Å²) in [5.74, 6) is 0. The molecule has 0 saturated carbocycles. The Balaban J connectivity index is 1.35. The van der Waals surface area contributed by atoms with Crippen LogP contribution in [0.5, 0.6) is 0 Å². The fourth-order valence-corrected chi connectivity index (χ4v) is 7.48. The van der Waals surface area contributed by atoms with Gasteiger partial charge in [0.2, 0.25) is 0 Å². The molecule has 0 atom stereocenters. The Morgan fingerprint density at radius 1 is 0.341 bits per heavy atom. The van der Waals surface area contributed by atoms with Crippen molar-refractivity contribution in [3.05, 3.63) is 168 Å². The monoisotopic (exact) mass is 568 g/mol. The summed E-state index contributed by atoms with van der Waals surface area (Å²) in [6, 6.07) is 53.3. The topological polar surface area (TPSA) is 6.48 Å². The second kappa shape index (κ2) is 9.72. The summed E-state index contributed by atoms with van der Waals surface area (Å²) in [6.07, 6.45) is 0. The van der Waals surface area contributed by atoms with Crippen LogP contribution < -0.4 is 9.80 Å². The number of benzene rings is 6. The molecule has 6 aromatic carbocycles. The number of fused-ring (bicyclic) bond motifs is 4. The highest BCUT2D eigenvalue weighted by molar-refractivity contribution is 5.91. The summed E-state index contributed by atoms with van der Waals surface area (Å²) in [6.45, 7) is 9.46. The van der Waals surface area contributed by atoms with Crippen LogP contribution in [0.1, 0.15) is 49.9 Å². The Labute approximate surface area is 260 Å². The van der Waals surface area contributed by atoms with Crippen molar-refractivity contribution in [2.45, 2.75) is 38.5 Å². The number of para-hydroxylation sites is 3. The third-order valence-electron chi connectivity index (χ3n) is 9.82. The van der Waals surface area contributed by atoms with Crippen molar-refractivity contribution in [1.82, 2.24) is 0 Å². The van der Waals surface area contributed by atoms with Crippen molar-refractivity contribution >= 4 is 34.1 Å². The summed E-state index contributed by atoms with van der Waals surface area (Å²) in [7, 11) is 0. The van der Waals surface area contributed by atoms with Crippen molar-refractivity contribution in [3.8, 4) is 11.1 Å². The predicted octanol–water partition coefficient (Wildman–Crippen LogP) is 11.6. The number of rotatable bonds is 3. The Hall–Kier alpha value is -5.08. The largest absolute Gasteiger partial charge is 0.310 e. The quantitative estimate of drug-likeness (QED) is 0.209. The van der Waals surface area contributed by atoms with E-state index in [0.717, 1.165) is 0 Å². The molecular formula is C42H36N2. The van der Waals surface area contributed by atoms with Gasteiger partial charge in [0, 0.05) is 22.2 Å². The average Bonchev–Trinajstić information content (AvgIpc) is 3.06. The lowest BCUT2D eigenvalue weighted by molar-refractivity contribution is 0.628. The van der Waals surface area contributed by atoms with E-state index < -0.39 is 0 Å². The van der Waals surface area contributed by atoms with Crippen LogP contribution in [0.3, 0.4) is 0 Å². The van der Waals surface area contributed by atoms with Crippen LogP contribution in [0.25, 0.3) is 11.1 Å². The highest BCUT2D eigenvalue weighted by Crippen LogP contribution is 2.56. The lowest BCUT2D eigenvalue weighted by atomic mass is 9.72. The molecule has 0 unspecified atom stereocenters. The summed E-state index contributed by atoms with van der Waals surface area (Å²) in [5.41, 5.74) is 14.8. The summed E-state index contributed by atoms with van der Waals surface area (Å²) < 4.78 is 0. The normalized spacial score (nSPS) is 15.5. The molecule has 0 spiro atoms. The maximum absolute atomic E-state index is 2.48. The zero-order valence-corrected chi connectivity index (χ0v) is 25.8. The first-order chi connectivity index (χ1) is 21.4. The first-order valence-corrected chi connectivity index (χ1v) is 15.5. The summed E-state index contributed by atoms with van der Waals surface area (Å²) >= 11 is 0. The van der Waals surface area contributed by atoms with Crippen molar-refractivity contribution in [2.24, 2.45) is 0 Å². The van der Waals surface area contributed by atoms with Gasteiger partial charge in [-0.25, -0.2) is 0 Å². The molecule has 0 saturated heterocycles. The minimum absolute atomic E-state index is 0.149. The van der Waals surface area contributed by atoms with Crippen LogP contribution in [-0.4, -0.2) is 0 Å².